The summed E-state index contributed by atoms with van der Waals surface area (Å²) in [6.07, 6.45) is 0. The largest absolute Gasteiger partial charge is 0.273 e. The predicted octanol–water partition coefficient (Wildman–Crippen LogP) is 3.15. The molecule has 18 heavy (non-hydrogen) atoms. The summed E-state index contributed by atoms with van der Waals surface area (Å²) >= 11 is 1.53. The zero-order chi connectivity index (χ0) is 13.3. The predicted molar refractivity (Wildman–Crippen MR) is 78.4 cm³/mol. The maximum atomic E-state index is 12.1. The molecule has 1 amide bonds. The van der Waals surface area contributed by atoms with E-state index in [2.05, 4.69) is 4.99 Å². The summed E-state index contributed by atoms with van der Waals surface area (Å²) in [6, 6.07) is 6.28. The molecule has 4 heteroatoms. The van der Waals surface area contributed by atoms with Gasteiger partial charge in [0.2, 0.25) is 5.91 Å². The van der Waals surface area contributed by atoms with Gasteiger partial charge in [0.05, 0.1) is 11.4 Å². The summed E-state index contributed by atoms with van der Waals surface area (Å²) < 4.78 is 0. The third-order valence-corrected chi connectivity index (χ3v) is 3.73. The van der Waals surface area contributed by atoms with E-state index in [-0.39, 0.29) is 11.9 Å². The summed E-state index contributed by atoms with van der Waals surface area (Å²) in [5.41, 5.74) is 3.22. The fourth-order valence-corrected chi connectivity index (χ4v) is 3.05. The van der Waals surface area contributed by atoms with Gasteiger partial charge in [-0.05, 0) is 38.8 Å². The normalized spacial score (nSPS) is 18.2. The summed E-state index contributed by atoms with van der Waals surface area (Å²) in [5.74, 6) is 0.607. The summed E-state index contributed by atoms with van der Waals surface area (Å²) in [6.45, 7) is 8.12. The number of benzene rings is 1. The van der Waals surface area contributed by atoms with Crippen molar-refractivity contribution >= 4 is 28.5 Å². The van der Waals surface area contributed by atoms with E-state index >= 15 is 0 Å². The fourth-order valence-electron chi connectivity index (χ4n) is 2.06. The number of amides is 1. The lowest BCUT2D eigenvalue weighted by atomic mass is 10.1. The Hall–Kier alpha value is -1.29. The Morgan fingerprint density at radius 2 is 1.89 bits per heavy atom. The second kappa shape index (κ2) is 5.14. The molecule has 3 nitrogen and oxygen atoms in total. The number of rotatable bonds is 2. The molecule has 0 atom stereocenters. The minimum absolute atomic E-state index is 0.122. The molecule has 0 saturated carbocycles. The third kappa shape index (κ3) is 2.43. The number of carbonyl (C=O) groups excluding carboxylic acids is 1. The molecule has 0 radical (unpaired) electrons. The van der Waals surface area contributed by atoms with Crippen LogP contribution >= 0.6 is 11.8 Å². The van der Waals surface area contributed by atoms with E-state index in [1.54, 1.807) is 4.90 Å². The molecule has 2 rings (SSSR count). The van der Waals surface area contributed by atoms with Crippen LogP contribution in [0, 0.1) is 13.8 Å². The highest BCUT2D eigenvalue weighted by Crippen LogP contribution is 2.32. The summed E-state index contributed by atoms with van der Waals surface area (Å²) in [4.78, 5) is 18.4. The van der Waals surface area contributed by atoms with Crippen LogP contribution in [0.15, 0.2) is 23.2 Å². The van der Waals surface area contributed by atoms with Crippen molar-refractivity contribution < 1.29 is 4.79 Å². The van der Waals surface area contributed by atoms with Crippen LogP contribution in [0.1, 0.15) is 25.0 Å². The zero-order valence-electron chi connectivity index (χ0n) is 11.2. The molecule has 1 aromatic rings. The lowest BCUT2D eigenvalue weighted by Crippen LogP contribution is -2.31. The number of amidine groups is 1. The van der Waals surface area contributed by atoms with Gasteiger partial charge in [-0.2, -0.15) is 0 Å². The van der Waals surface area contributed by atoms with Gasteiger partial charge in [0.25, 0.3) is 0 Å². The molecule has 0 aliphatic carbocycles. The van der Waals surface area contributed by atoms with Crippen molar-refractivity contribution in [1.82, 2.24) is 0 Å². The molecule has 0 spiro atoms. The number of aliphatic imine (C=N–C) groups is 1. The van der Waals surface area contributed by atoms with E-state index in [0.29, 0.717) is 5.75 Å². The fraction of sp³-hybridized carbons (Fsp3) is 0.429. The van der Waals surface area contributed by atoms with Crippen LogP contribution in [0.3, 0.4) is 0 Å². The Labute approximate surface area is 112 Å². The maximum absolute atomic E-state index is 12.1. The van der Waals surface area contributed by atoms with Gasteiger partial charge in [0.15, 0.2) is 5.17 Å². The van der Waals surface area contributed by atoms with Gasteiger partial charge < -0.3 is 0 Å². The van der Waals surface area contributed by atoms with E-state index in [0.717, 1.165) is 22.0 Å². The average Bonchev–Trinajstić information content (AvgIpc) is 2.60. The van der Waals surface area contributed by atoms with Crippen LogP contribution in [0.4, 0.5) is 5.69 Å². The first-order valence-corrected chi connectivity index (χ1v) is 7.09. The minimum Gasteiger partial charge on any atom is -0.273 e. The van der Waals surface area contributed by atoms with E-state index in [1.807, 2.05) is 45.9 Å². The lowest BCUT2D eigenvalue weighted by molar-refractivity contribution is -0.115. The van der Waals surface area contributed by atoms with Crippen molar-refractivity contribution in [2.75, 3.05) is 10.7 Å². The molecular weight excluding hydrogens is 244 g/mol. The molecule has 1 heterocycles. The maximum Gasteiger partial charge on any atom is 0.243 e. The Balaban J connectivity index is 2.50. The van der Waals surface area contributed by atoms with Crippen LogP contribution < -0.4 is 4.90 Å². The molecule has 1 saturated heterocycles. The highest BCUT2D eigenvalue weighted by molar-refractivity contribution is 8.15. The molecule has 0 unspecified atom stereocenters. The van der Waals surface area contributed by atoms with Crippen LogP contribution in [0.5, 0.6) is 0 Å². The number of hydrogen-bond donors (Lipinski definition) is 0. The Bertz CT molecular complexity index is 488. The number of aryl methyl sites for hydroxylation is 2. The van der Waals surface area contributed by atoms with Crippen molar-refractivity contribution in [3.05, 3.63) is 29.3 Å². The Kier molecular flexibility index (Phi) is 3.76. The standard InChI is InChI=1S/C14H18N2OS/c1-9(2)15-14-16(12(17)8-18-14)13-10(3)6-5-7-11(13)4/h5-7,9H,8H2,1-4H3/b15-14-. The molecule has 1 aromatic carbocycles. The van der Waals surface area contributed by atoms with Gasteiger partial charge in [0.1, 0.15) is 0 Å². The van der Waals surface area contributed by atoms with E-state index < -0.39 is 0 Å². The van der Waals surface area contributed by atoms with Crippen molar-refractivity contribution in [2.45, 2.75) is 33.7 Å². The van der Waals surface area contributed by atoms with Gasteiger partial charge in [-0.3, -0.25) is 14.7 Å². The first-order valence-electron chi connectivity index (χ1n) is 6.10. The van der Waals surface area contributed by atoms with Gasteiger partial charge in [-0.15, -0.1) is 0 Å². The van der Waals surface area contributed by atoms with Gasteiger partial charge in [-0.1, -0.05) is 30.0 Å². The van der Waals surface area contributed by atoms with E-state index in [9.17, 15) is 4.79 Å². The monoisotopic (exact) mass is 262 g/mol. The molecule has 96 valence electrons. The van der Waals surface area contributed by atoms with Crippen molar-refractivity contribution in [3.8, 4) is 0 Å². The first-order chi connectivity index (χ1) is 8.50. The molecular formula is C14H18N2OS. The zero-order valence-corrected chi connectivity index (χ0v) is 12.0. The molecule has 1 fully saturated rings. The third-order valence-electron chi connectivity index (χ3n) is 2.80. The highest BCUT2D eigenvalue weighted by atomic mass is 32.2. The van der Waals surface area contributed by atoms with Crippen molar-refractivity contribution in [1.29, 1.82) is 0 Å². The second-order valence-corrected chi connectivity index (χ2v) is 5.71. The minimum atomic E-state index is 0.122. The lowest BCUT2D eigenvalue weighted by Gasteiger charge is -2.21. The number of thioether (sulfide) groups is 1. The first kappa shape index (κ1) is 13.1. The Morgan fingerprint density at radius 3 is 2.44 bits per heavy atom. The van der Waals surface area contributed by atoms with Crippen molar-refractivity contribution in [2.24, 2.45) is 4.99 Å². The van der Waals surface area contributed by atoms with E-state index in [1.165, 1.54) is 11.8 Å². The smallest absolute Gasteiger partial charge is 0.243 e. The quantitative estimate of drug-likeness (QED) is 0.820. The average molecular weight is 262 g/mol. The number of para-hydroxylation sites is 1. The van der Waals surface area contributed by atoms with Crippen LogP contribution in [-0.4, -0.2) is 22.9 Å². The molecule has 1 aliphatic heterocycles. The van der Waals surface area contributed by atoms with Crippen LogP contribution in [-0.2, 0) is 4.79 Å². The Morgan fingerprint density at radius 1 is 1.28 bits per heavy atom. The van der Waals surface area contributed by atoms with Gasteiger partial charge in [-0.25, -0.2) is 0 Å². The topological polar surface area (TPSA) is 32.7 Å². The van der Waals surface area contributed by atoms with Gasteiger partial charge in [0, 0.05) is 6.04 Å². The van der Waals surface area contributed by atoms with E-state index in [4.69, 9.17) is 0 Å². The second-order valence-electron chi connectivity index (χ2n) is 4.76. The summed E-state index contributed by atoms with van der Waals surface area (Å²) in [5, 5.41) is 0.826. The number of anilines is 1. The van der Waals surface area contributed by atoms with Crippen LogP contribution in [0.25, 0.3) is 0 Å². The SMILES string of the molecule is Cc1cccc(C)c1N1C(=O)CS/C1=N\C(C)C. The highest BCUT2D eigenvalue weighted by Gasteiger charge is 2.31. The number of nitrogens with zero attached hydrogens (tertiary/aromatic N) is 2. The number of hydrogen-bond acceptors (Lipinski definition) is 3. The molecule has 0 aromatic heterocycles. The van der Waals surface area contributed by atoms with Crippen LogP contribution in [0.2, 0.25) is 0 Å². The summed E-state index contributed by atoms with van der Waals surface area (Å²) in [7, 11) is 0. The van der Waals surface area contributed by atoms with Crippen molar-refractivity contribution in [3.63, 3.8) is 0 Å². The van der Waals surface area contributed by atoms with Gasteiger partial charge >= 0.3 is 0 Å². The molecule has 1 aliphatic rings. The molecule has 0 bridgehead atoms. The molecule has 0 N–H and O–H groups in total. The number of carbonyl (C=O) groups is 1.